The van der Waals surface area contributed by atoms with Crippen molar-refractivity contribution in [3.8, 4) is 5.75 Å². The summed E-state index contributed by atoms with van der Waals surface area (Å²) in [5.41, 5.74) is 0.845. The Morgan fingerprint density at radius 1 is 1.27 bits per heavy atom. The normalized spacial score (nSPS) is 17.2. The molecule has 1 aromatic carbocycles. The van der Waals surface area contributed by atoms with Gasteiger partial charge in [-0.2, -0.15) is 0 Å². The first kappa shape index (κ1) is 20.0. The highest BCUT2D eigenvalue weighted by Crippen LogP contribution is 2.36. The Kier molecular flexibility index (Phi) is 6.42. The fraction of sp³-hybridized carbons (Fsp3) is 0.500. The molecule has 0 saturated heterocycles. The monoisotopic (exact) mass is 362 g/mol. The first-order valence-corrected chi connectivity index (χ1v) is 8.56. The van der Waals surface area contributed by atoms with Gasteiger partial charge in [0.05, 0.1) is 5.92 Å². The summed E-state index contributed by atoms with van der Waals surface area (Å²) < 4.78 is 15.7. The van der Waals surface area contributed by atoms with Crippen LogP contribution in [0.1, 0.15) is 50.0 Å². The van der Waals surface area contributed by atoms with Gasteiger partial charge in [-0.25, -0.2) is 4.79 Å². The fourth-order valence-corrected chi connectivity index (χ4v) is 2.73. The van der Waals surface area contributed by atoms with Crippen LogP contribution in [0.3, 0.4) is 0 Å². The molecular weight excluding hydrogens is 339 g/mol. The van der Waals surface area contributed by atoms with Crippen LogP contribution in [0.4, 0.5) is 0 Å². The quantitative estimate of drug-likeness (QED) is 0.470. The maximum absolute atomic E-state index is 12.4. The lowest BCUT2D eigenvalue weighted by Gasteiger charge is -2.28. The van der Waals surface area contributed by atoms with Gasteiger partial charge in [0.2, 0.25) is 6.29 Å². The van der Waals surface area contributed by atoms with Gasteiger partial charge >= 0.3 is 19.1 Å². The van der Waals surface area contributed by atoms with Crippen molar-refractivity contribution in [3.05, 3.63) is 29.3 Å². The number of para-hydroxylation sites is 1. The molecule has 0 aliphatic carbocycles. The molecule has 26 heavy (non-hydrogen) atoms. The molecule has 0 saturated carbocycles. The summed E-state index contributed by atoms with van der Waals surface area (Å²) in [7, 11) is -1.18. The third-order valence-electron chi connectivity index (χ3n) is 4.02. The highest BCUT2D eigenvalue weighted by Gasteiger charge is 2.37. The summed E-state index contributed by atoms with van der Waals surface area (Å²) in [6.07, 6.45) is -0.445. The number of ether oxygens (including phenoxy) is 2. The van der Waals surface area contributed by atoms with E-state index >= 15 is 0 Å². The standard InChI is InChI=1S/C18H23BO7/c1-10(2)17(21)24-12(4)25-18(22)15-7-5-6-13-9-14(8-11(3)20)19(23)26-16(13)15/h5-7,10,12,14,23H,8-9H2,1-4H3/t12?,14-/m0/s1. The molecule has 2 rings (SSSR count). The lowest BCUT2D eigenvalue weighted by atomic mass is 9.64. The Hall–Kier alpha value is -2.35. The van der Waals surface area contributed by atoms with E-state index in [0.717, 1.165) is 0 Å². The highest BCUT2D eigenvalue weighted by atomic mass is 16.7. The minimum Gasteiger partial charge on any atom is -0.535 e. The lowest BCUT2D eigenvalue weighted by molar-refractivity contribution is -0.169. The van der Waals surface area contributed by atoms with E-state index in [9.17, 15) is 19.4 Å². The first-order chi connectivity index (χ1) is 12.2. The molecule has 0 radical (unpaired) electrons. The van der Waals surface area contributed by atoms with Crippen molar-refractivity contribution in [1.29, 1.82) is 0 Å². The lowest BCUT2D eigenvalue weighted by Crippen LogP contribution is -2.35. The number of rotatable bonds is 6. The number of Topliss-reactive ketones (excluding diaryl/α,β-unsaturated/α-hetero) is 1. The van der Waals surface area contributed by atoms with E-state index < -0.39 is 25.3 Å². The molecular formula is C18H23BO7. The fourth-order valence-electron chi connectivity index (χ4n) is 2.73. The summed E-state index contributed by atoms with van der Waals surface area (Å²) >= 11 is 0. The van der Waals surface area contributed by atoms with Crippen LogP contribution in [0, 0.1) is 5.92 Å². The minimum atomic E-state index is -1.18. The molecule has 1 aliphatic rings. The van der Waals surface area contributed by atoms with Gasteiger partial charge in [-0.1, -0.05) is 26.0 Å². The summed E-state index contributed by atoms with van der Waals surface area (Å²) in [4.78, 5) is 35.3. The molecule has 1 heterocycles. The third kappa shape index (κ3) is 4.85. The number of benzene rings is 1. The average molecular weight is 362 g/mol. The molecule has 0 aromatic heterocycles. The van der Waals surface area contributed by atoms with Gasteiger partial charge in [-0.15, -0.1) is 0 Å². The first-order valence-electron chi connectivity index (χ1n) is 8.56. The van der Waals surface area contributed by atoms with Crippen LogP contribution >= 0.6 is 0 Å². The molecule has 1 aromatic rings. The predicted octanol–water partition coefficient (Wildman–Crippen LogP) is 2.15. The maximum atomic E-state index is 12.4. The number of esters is 2. The van der Waals surface area contributed by atoms with E-state index in [1.54, 1.807) is 26.0 Å². The number of hydrogen-bond donors (Lipinski definition) is 1. The molecule has 1 N–H and O–H groups in total. The van der Waals surface area contributed by atoms with Crippen molar-refractivity contribution in [3.63, 3.8) is 0 Å². The molecule has 0 spiro atoms. The number of carbonyl (C=O) groups excluding carboxylic acids is 3. The Balaban J connectivity index is 2.13. The average Bonchev–Trinajstić information content (AvgIpc) is 2.54. The van der Waals surface area contributed by atoms with Gasteiger partial charge in [-0.05, 0) is 25.0 Å². The van der Waals surface area contributed by atoms with Crippen LogP contribution in [0.15, 0.2) is 18.2 Å². The van der Waals surface area contributed by atoms with E-state index in [1.807, 2.05) is 0 Å². The summed E-state index contributed by atoms with van der Waals surface area (Å²) in [5, 5.41) is 10.1. The third-order valence-corrected chi connectivity index (χ3v) is 4.02. The summed E-state index contributed by atoms with van der Waals surface area (Å²) in [6.45, 7) is 6.26. The molecule has 0 bridgehead atoms. The summed E-state index contributed by atoms with van der Waals surface area (Å²) in [6, 6.07) is 4.95. The van der Waals surface area contributed by atoms with Crippen molar-refractivity contribution in [2.75, 3.05) is 0 Å². The zero-order chi connectivity index (χ0) is 19.4. The number of carbonyl (C=O) groups is 3. The van der Waals surface area contributed by atoms with Gasteiger partial charge in [0, 0.05) is 19.2 Å². The predicted molar refractivity (Wildman–Crippen MR) is 93.6 cm³/mol. The van der Waals surface area contributed by atoms with Crippen LogP contribution < -0.4 is 4.65 Å². The van der Waals surface area contributed by atoms with Gasteiger partial charge in [0.25, 0.3) is 0 Å². The van der Waals surface area contributed by atoms with Crippen LogP contribution in [0.25, 0.3) is 0 Å². The van der Waals surface area contributed by atoms with Gasteiger partial charge in [0.15, 0.2) is 0 Å². The molecule has 140 valence electrons. The number of hydrogen-bond acceptors (Lipinski definition) is 7. The van der Waals surface area contributed by atoms with E-state index in [4.69, 9.17) is 14.1 Å². The van der Waals surface area contributed by atoms with Gasteiger partial charge in [-0.3, -0.25) is 4.79 Å². The van der Waals surface area contributed by atoms with Crippen molar-refractivity contribution < 1.29 is 33.5 Å². The zero-order valence-corrected chi connectivity index (χ0v) is 15.4. The molecule has 1 unspecified atom stereocenters. The second-order valence-electron chi connectivity index (χ2n) is 6.74. The van der Waals surface area contributed by atoms with E-state index in [2.05, 4.69) is 0 Å². The zero-order valence-electron chi connectivity index (χ0n) is 15.4. The van der Waals surface area contributed by atoms with E-state index in [-0.39, 0.29) is 35.3 Å². The Morgan fingerprint density at radius 2 is 1.96 bits per heavy atom. The van der Waals surface area contributed by atoms with E-state index in [0.29, 0.717) is 12.0 Å². The van der Waals surface area contributed by atoms with Crippen molar-refractivity contribution in [2.24, 2.45) is 5.92 Å². The largest absolute Gasteiger partial charge is 0.535 e. The van der Waals surface area contributed by atoms with Gasteiger partial charge in [0.1, 0.15) is 17.1 Å². The smallest absolute Gasteiger partial charge is 0.526 e. The van der Waals surface area contributed by atoms with Crippen LogP contribution in [-0.4, -0.2) is 36.2 Å². The van der Waals surface area contributed by atoms with E-state index in [1.165, 1.54) is 19.9 Å². The maximum Gasteiger partial charge on any atom is 0.526 e. The second-order valence-corrected chi connectivity index (χ2v) is 6.74. The minimum absolute atomic E-state index is 0.0440. The molecule has 2 atom stereocenters. The van der Waals surface area contributed by atoms with Crippen molar-refractivity contribution in [1.82, 2.24) is 0 Å². The molecule has 8 heteroatoms. The molecule has 0 fully saturated rings. The van der Waals surface area contributed by atoms with Crippen LogP contribution in [0.5, 0.6) is 5.75 Å². The van der Waals surface area contributed by atoms with Crippen LogP contribution in [0.2, 0.25) is 5.82 Å². The van der Waals surface area contributed by atoms with Gasteiger partial charge < -0.3 is 23.9 Å². The topological polar surface area (TPSA) is 99.1 Å². The van der Waals surface area contributed by atoms with Crippen molar-refractivity contribution >= 4 is 24.8 Å². The molecule has 7 nitrogen and oxygen atoms in total. The second kappa shape index (κ2) is 8.36. The Morgan fingerprint density at radius 3 is 2.58 bits per heavy atom. The SMILES string of the molecule is CC(=O)C[C@H]1Cc2cccc(C(=O)OC(C)OC(=O)C(C)C)c2OB1O. The number of ketones is 1. The molecule has 1 aliphatic heterocycles. The Labute approximate surface area is 152 Å². The summed E-state index contributed by atoms with van der Waals surface area (Å²) in [5.74, 6) is -1.71. The molecule has 0 amide bonds. The van der Waals surface area contributed by atoms with Crippen molar-refractivity contribution in [2.45, 2.75) is 52.6 Å². The number of fused-ring (bicyclic) bond motifs is 1. The highest BCUT2D eigenvalue weighted by molar-refractivity contribution is 6.46. The van der Waals surface area contributed by atoms with Crippen LogP contribution in [-0.2, 0) is 25.5 Å². The Bertz CT molecular complexity index is 701.